The minimum Gasteiger partial charge on any atom is -0.380 e. The molecule has 1 fully saturated rings. The first-order valence-corrected chi connectivity index (χ1v) is 8.34. The zero-order valence-corrected chi connectivity index (χ0v) is 13.9. The number of aromatic nitrogens is 1. The number of carbonyl (C=O) groups excluding carboxylic acids is 1. The zero-order valence-electron chi connectivity index (χ0n) is 13.9. The Kier molecular flexibility index (Phi) is 5.57. The fraction of sp³-hybridized carbons (Fsp3) is 0.667. The number of aliphatic hydroxyl groups is 1. The third-order valence-electron chi connectivity index (χ3n) is 4.83. The molecule has 4 nitrogen and oxygen atoms in total. The van der Waals surface area contributed by atoms with Crippen molar-refractivity contribution in [2.75, 3.05) is 6.54 Å². The van der Waals surface area contributed by atoms with Gasteiger partial charge in [-0.25, -0.2) is 0 Å². The second-order valence-electron chi connectivity index (χ2n) is 6.99. The van der Waals surface area contributed by atoms with Crippen molar-refractivity contribution >= 4 is 5.91 Å². The summed E-state index contributed by atoms with van der Waals surface area (Å²) in [6.07, 6.45) is 5.01. The van der Waals surface area contributed by atoms with Crippen LogP contribution in [-0.4, -0.2) is 28.1 Å². The van der Waals surface area contributed by atoms with E-state index in [-0.39, 0.29) is 11.8 Å². The standard InChI is InChI=1S/C18H28N2O2/c1-13(2)16-8-7-14(3)12-18(16,22)17(21)20-11-9-15-6-4-5-10-19-15/h4-6,10,13-14,16,22H,7-9,11-12H2,1-3H3,(H,20,21)/t14?,16?,18-/m1/s1. The summed E-state index contributed by atoms with van der Waals surface area (Å²) >= 11 is 0. The lowest BCUT2D eigenvalue weighted by atomic mass is 9.66. The van der Waals surface area contributed by atoms with E-state index in [4.69, 9.17) is 0 Å². The molecule has 2 rings (SSSR count). The van der Waals surface area contributed by atoms with Gasteiger partial charge < -0.3 is 10.4 Å². The van der Waals surface area contributed by atoms with Gasteiger partial charge in [0, 0.05) is 24.9 Å². The number of nitrogens with zero attached hydrogens (tertiary/aromatic N) is 1. The van der Waals surface area contributed by atoms with Crippen LogP contribution in [0.25, 0.3) is 0 Å². The Labute approximate surface area is 133 Å². The van der Waals surface area contributed by atoms with E-state index >= 15 is 0 Å². The number of nitrogens with one attached hydrogen (secondary N) is 1. The van der Waals surface area contributed by atoms with E-state index in [1.54, 1.807) is 6.20 Å². The predicted octanol–water partition coefficient (Wildman–Crippen LogP) is 2.56. The third kappa shape index (κ3) is 3.86. The minimum atomic E-state index is -1.23. The molecule has 1 aromatic heterocycles. The molecule has 22 heavy (non-hydrogen) atoms. The average Bonchev–Trinajstić information content (AvgIpc) is 2.47. The van der Waals surface area contributed by atoms with E-state index in [1.165, 1.54) is 0 Å². The molecule has 3 atom stereocenters. The Balaban J connectivity index is 1.96. The number of hydrogen-bond acceptors (Lipinski definition) is 3. The highest BCUT2D eigenvalue weighted by atomic mass is 16.3. The molecule has 1 heterocycles. The molecule has 1 amide bonds. The lowest BCUT2D eigenvalue weighted by molar-refractivity contribution is -0.155. The summed E-state index contributed by atoms with van der Waals surface area (Å²) in [7, 11) is 0. The van der Waals surface area contributed by atoms with Gasteiger partial charge in [0.05, 0.1) is 0 Å². The Morgan fingerprint density at radius 1 is 1.45 bits per heavy atom. The third-order valence-corrected chi connectivity index (χ3v) is 4.83. The van der Waals surface area contributed by atoms with Gasteiger partial charge in [-0.1, -0.05) is 33.3 Å². The average molecular weight is 304 g/mol. The van der Waals surface area contributed by atoms with Crippen LogP contribution in [0.3, 0.4) is 0 Å². The highest BCUT2D eigenvalue weighted by Crippen LogP contribution is 2.41. The van der Waals surface area contributed by atoms with Crippen molar-refractivity contribution in [2.45, 2.75) is 52.1 Å². The molecule has 1 aromatic rings. The Morgan fingerprint density at radius 2 is 2.23 bits per heavy atom. The zero-order chi connectivity index (χ0) is 16.2. The number of carbonyl (C=O) groups is 1. The van der Waals surface area contributed by atoms with E-state index in [9.17, 15) is 9.90 Å². The second-order valence-corrected chi connectivity index (χ2v) is 6.99. The van der Waals surface area contributed by atoms with Gasteiger partial charge in [-0.15, -0.1) is 0 Å². The van der Waals surface area contributed by atoms with Gasteiger partial charge in [-0.05, 0) is 42.7 Å². The lowest BCUT2D eigenvalue weighted by Crippen LogP contribution is -2.56. The van der Waals surface area contributed by atoms with Crippen molar-refractivity contribution in [3.8, 4) is 0 Å². The van der Waals surface area contributed by atoms with Crippen LogP contribution in [0.4, 0.5) is 0 Å². The topological polar surface area (TPSA) is 62.2 Å². The first-order chi connectivity index (χ1) is 10.4. The molecule has 0 aromatic carbocycles. The highest BCUT2D eigenvalue weighted by molar-refractivity contribution is 5.85. The summed E-state index contributed by atoms with van der Waals surface area (Å²) < 4.78 is 0. The molecule has 0 radical (unpaired) electrons. The van der Waals surface area contributed by atoms with Crippen molar-refractivity contribution in [1.29, 1.82) is 0 Å². The molecule has 0 bridgehead atoms. The maximum Gasteiger partial charge on any atom is 0.252 e. The van der Waals surface area contributed by atoms with E-state index in [2.05, 4.69) is 31.1 Å². The Bertz CT molecular complexity index is 489. The first kappa shape index (κ1) is 16.9. The number of amides is 1. The number of pyridine rings is 1. The van der Waals surface area contributed by atoms with Crippen LogP contribution in [0.1, 0.15) is 45.7 Å². The molecule has 0 saturated heterocycles. The molecule has 1 saturated carbocycles. The van der Waals surface area contributed by atoms with Crippen molar-refractivity contribution < 1.29 is 9.90 Å². The van der Waals surface area contributed by atoms with Gasteiger partial charge in [0.15, 0.2) is 0 Å². The van der Waals surface area contributed by atoms with E-state index in [1.807, 2.05) is 18.2 Å². The minimum absolute atomic E-state index is 0.0403. The maximum atomic E-state index is 12.6. The van der Waals surface area contributed by atoms with Crippen molar-refractivity contribution in [1.82, 2.24) is 10.3 Å². The maximum absolute atomic E-state index is 12.6. The van der Waals surface area contributed by atoms with Gasteiger partial charge in [0.1, 0.15) is 5.60 Å². The molecular weight excluding hydrogens is 276 g/mol. The van der Waals surface area contributed by atoms with Crippen LogP contribution >= 0.6 is 0 Å². The van der Waals surface area contributed by atoms with Gasteiger partial charge in [-0.2, -0.15) is 0 Å². The van der Waals surface area contributed by atoms with Crippen LogP contribution < -0.4 is 5.32 Å². The van der Waals surface area contributed by atoms with Crippen LogP contribution in [-0.2, 0) is 11.2 Å². The fourth-order valence-corrected chi connectivity index (χ4v) is 3.64. The van der Waals surface area contributed by atoms with E-state index < -0.39 is 5.60 Å². The number of hydrogen-bond donors (Lipinski definition) is 2. The van der Waals surface area contributed by atoms with E-state index in [0.29, 0.717) is 31.2 Å². The van der Waals surface area contributed by atoms with Crippen LogP contribution in [0.5, 0.6) is 0 Å². The van der Waals surface area contributed by atoms with E-state index in [0.717, 1.165) is 18.5 Å². The van der Waals surface area contributed by atoms with Gasteiger partial charge in [0.2, 0.25) is 0 Å². The van der Waals surface area contributed by atoms with Crippen LogP contribution in [0.15, 0.2) is 24.4 Å². The number of rotatable bonds is 5. The molecular formula is C18H28N2O2. The SMILES string of the molecule is CC1CCC(C(C)C)[C@@](O)(C(=O)NCCc2ccccn2)C1. The van der Waals surface area contributed by atoms with Crippen molar-refractivity contribution in [2.24, 2.45) is 17.8 Å². The Morgan fingerprint density at radius 3 is 2.86 bits per heavy atom. The summed E-state index contributed by atoms with van der Waals surface area (Å²) in [5.41, 5.74) is -0.275. The van der Waals surface area contributed by atoms with Gasteiger partial charge >= 0.3 is 0 Å². The quantitative estimate of drug-likeness (QED) is 0.879. The molecule has 2 unspecified atom stereocenters. The Hall–Kier alpha value is -1.42. The second kappa shape index (κ2) is 7.23. The molecule has 4 heteroatoms. The van der Waals surface area contributed by atoms with Gasteiger partial charge in [0.25, 0.3) is 5.91 Å². The summed E-state index contributed by atoms with van der Waals surface area (Å²) in [4.78, 5) is 16.8. The van der Waals surface area contributed by atoms with Crippen LogP contribution in [0.2, 0.25) is 0 Å². The summed E-state index contributed by atoms with van der Waals surface area (Å²) in [6, 6.07) is 5.76. The van der Waals surface area contributed by atoms with Crippen LogP contribution in [0, 0.1) is 17.8 Å². The summed E-state index contributed by atoms with van der Waals surface area (Å²) in [5, 5.41) is 13.9. The monoisotopic (exact) mass is 304 g/mol. The van der Waals surface area contributed by atoms with Crippen molar-refractivity contribution in [3.63, 3.8) is 0 Å². The summed E-state index contributed by atoms with van der Waals surface area (Å²) in [5.74, 6) is 0.521. The molecule has 1 aliphatic rings. The molecule has 122 valence electrons. The first-order valence-electron chi connectivity index (χ1n) is 8.34. The van der Waals surface area contributed by atoms with Crippen molar-refractivity contribution in [3.05, 3.63) is 30.1 Å². The molecule has 0 spiro atoms. The van der Waals surface area contributed by atoms with Gasteiger partial charge in [-0.3, -0.25) is 9.78 Å². The molecule has 2 N–H and O–H groups in total. The highest BCUT2D eigenvalue weighted by Gasteiger charge is 2.48. The summed E-state index contributed by atoms with van der Waals surface area (Å²) in [6.45, 7) is 6.81. The largest absolute Gasteiger partial charge is 0.380 e. The lowest BCUT2D eigenvalue weighted by Gasteiger charge is -2.43. The normalized spacial score (nSPS) is 28.6. The predicted molar refractivity (Wildman–Crippen MR) is 87.2 cm³/mol. The molecule has 0 aliphatic heterocycles. The fourth-order valence-electron chi connectivity index (χ4n) is 3.64. The smallest absolute Gasteiger partial charge is 0.252 e. The molecule has 1 aliphatic carbocycles.